The number of hydrogen-bond donors (Lipinski definition) is 0. The van der Waals surface area contributed by atoms with Gasteiger partial charge in [-0.05, 0) is 11.5 Å². The number of ether oxygens (including phenoxy) is 2. The summed E-state index contributed by atoms with van der Waals surface area (Å²) in [5, 5.41) is 1.81. The molecule has 2 rings (SSSR count). The summed E-state index contributed by atoms with van der Waals surface area (Å²) >= 11 is 0. The molecular formula is C14H14F2O2. The van der Waals surface area contributed by atoms with Crippen LogP contribution < -0.4 is 9.47 Å². The third-order valence-corrected chi connectivity index (χ3v) is 2.48. The average Bonchev–Trinajstić information content (AvgIpc) is 2.42. The van der Waals surface area contributed by atoms with Gasteiger partial charge in [-0.3, -0.25) is 0 Å². The Labute approximate surface area is 104 Å². The monoisotopic (exact) mass is 252 g/mol. The fourth-order valence-corrected chi connectivity index (χ4v) is 1.76. The van der Waals surface area contributed by atoms with E-state index < -0.39 is 13.3 Å². The lowest BCUT2D eigenvalue weighted by Crippen LogP contribution is -2.02. The molecule has 0 fully saturated rings. The zero-order valence-electron chi connectivity index (χ0n) is 9.86. The number of fused-ring (bicyclic) bond motifs is 1. The Bertz CT molecular complexity index is 514. The second-order valence-corrected chi connectivity index (χ2v) is 3.72. The molecule has 0 aromatic heterocycles. The van der Waals surface area contributed by atoms with E-state index in [0.717, 1.165) is 10.8 Å². The van der Waals surface area contributed by atoms with Gasteiger partial charge in [0, 0.05) is 11.5 Å². The Morgan fingerprint density at radius 3 is 2.39 bits per heavy atom. The van der Waals surface area contributed by atoms with Crippen LogP contribution in [0.25, 0.3) is 10.8 Å². The highest BCUT2D eigenvalue weighted by Crippen LogP contribution is 2.31. The van der Waals surface area contributed by atoms with Gasteiger partial charge in [0.05, 0.1) is 0 Å². The van der Waals surface area contributed by atoms with Crippen LogP contribution in [0.5, 0.6) is 11.5 Å². The summed E-state index contributed by atoms with van der Waals surface area (Å²) in [4.78, 5) is 0. The van der Waals surface area contributed by atoms with Gasteiger partial charge in [0.15, 0.2) is 0 Å². The van der Waals surface area contributed by atoms with E-state index in [-0.39, 0.29) is 13.2 Å². The van der Waals surface area contributed by atoms with Crippen molar-refractivity contribution in [1.29, 1.82) is 0 Å². The van der Waals surface area contributed by atoms with Gasteiger partial charge in [-0.15, -0.1) is 0 Å². The smallest absolute Gasteiger partial charge is 0.130 e. The third-order valence-electron chi connectivity index (χ3n) is 2.48. The first kappa shape index (κ1) is 12.6. The van der Waals surface area contributed by atoms with Gasteiger partial charge in [0.25, 0.3) is 0 Å². The first-order valence-corrected chi connectivity index (χ1v) is 5.75. The van der Waals surface area contributed by atoms with Crippen LogP contribution >= 0.6 is 0 Å². The van der Waals surface area contributed by atoms with E-state index in [1.807, 2.05) is 30.3 Å². The molecule has 2 aromatic carbocycles. The summed E-state index contributed by atoms with van der Waals surface area (Å²) in [5.74, 6) is 1.08. The summed E-state index contributed by atoms with van der Waals surface area (Å²) in [7, 11) is 0. The quantitative estimate of drug-likeness (QED) is 0.783. The minimum absolute atomic E-state index is 0.000884. The van der Waals surface area contributed by atoms with Gasteiger partial charge in [-0.25, -0.2) is 8.78 Å². The van der Waals surface area contributed by atoms with E-state index in [9.17, 15) is 8.78 Å². The third kappa shape index (κ3) is 2.88. The highest BCUT2D eigenvalue weighted by atomic mass is 19.1. The molecule has 0 spiro atoms. The normalized spacial score (nSPS) is 10.6. The van der Waals surface area contributed by atoms with Crippen LogP contribution in [0.15, 0.2) is 36.4 Å². The predicted molar refractivity (Wildman–Crippen MR) is 66.9 cm³/mol. The molecule has 0 heterocycles. The van der Waals surface area contributed by atoms with Crippen molar-refractivity contribution in [3.05, 3.63) is 36.4 Å². The molecule has 0 amide bonds. The van der Waals surface area contributed by atoms with E-state index in [1.54, 1.807) is 6.07 Å². The molecule has 0 atom stereocenters. The standard InChI is InChI=1S/C14H14F2O2/c15-5-7-17-12-9-11-3-1-2-4-13(11)14(10-12)18-8-6-16/h1-4,9-10H,5-8H2. The lowest BCUT2D eigenvalue weighted by Gasteiger charge is -2.11. The molecule has 0 aliphatic heterocycles. The van der Waals surface area contributed by atoms with Crippen LogP contribution in [0.1, 0.15) is 0 Å². The number of hydrogen-bond acceptors (Lipinski definition) is 2. The lowest BCUT2D eigenvalue weighted by atomic mass is 10.1. The van der Waals surface area contributed by atoms with Crippen molar-refractivity contribution in [3.63, 3.8) is 0 Å². The first-order valence-electron chi connectivity index (χ1n) is 5.75. The van der Waals surface area contributed by atoms with Gasteiger partial charge in [-0.2, -0.15) is 0 Å². The van der Waals surface area contributed by atoms with Crippen molar-refractivity contribution in [2.45, 2.75) is 0 Å². The summed E-state index contributed by atoms with van der Waals surface area (Å²) in [6.45, 7) is -1.10. The zero-order valence-corrected chi connectivity index (χ0v) is 9.86. The number of rotatable bonds is 6. The topological polar surface area (TPSA) is 18.5 Å². The van der Waals surface area contributed by atoms with Crippen LogP contribution in [-0.4, -0.2) is 26.6 Å². The number of alkyl halides is 2. The Kier molecular flexibility index (Phi) is 4.34. The van der Waals surface area contributed by atoms with Crippen LogP contribution in [0.3, 0.4) is 0 Å². The van der Waals surface area contributed by atoms with Gasteiger partial charge < -0.3 is 9.47 Å². The van der Waals surface area contributed by atoms with Gasteiger partial charge >= 0.3 is 0 Å². The Hall–Kier alpha value is -1.84. The van der Waals surface area contributed by atoms with Crippen molar-refractivity contribution in [2.24, 2.45) is 0 Å². The van der Waals surface area contributed by atoms with E-state index >= 15 is 0 Å². The van der Waals surface area contributed by atoms with Crippen LogP contribution in [-0.2, 0) is 0 Å². The fourth-order valence-electron chi connectivity index (χ4n) is 1.76. The Morgan fingerprint density at radius 2 is 1.61 bits per heavy atom. The molecule has 18 heavy (non-hydrogen) atoms. The largest absolute Gasteiger partial charge is 0.491 e. The van der Waals surface area contributed by atoms with Crippen LogP contribution in [0.2, 0.25) is 0 Å². The maximum atomic E-state index is 12.2. The summed E-state index contributed by atoms with van der Waals surface area (Å²) in [5.41, 5.74) is 0. The van der Waals surface area contributed by atoms with Crippen molar-refractivity contribution in [1.82, 2.24) is 0 Å². The highest BCUT2D eigenvalue weighted by Gasteiger charge is 2.06. The number of benzene rings is 2. The molecule has 0 unspecified atom stereocenters. The average molecular weight is 252 g/mol. The predicted octanol–water partition coefficient (Wildman–Crippen LogP) is 3.54. The number of halogens is 2. The minimum Gasteiger partial charge on any atom is -0.491 e. The lowest BCUT2D eigenvalue weighted by molar-refractivity contribution is 0.263. The molecule has 4 heteroatoms. The summed E-state index contributed by atoms with van der Waals surface area (Å²) in [6, 6.07) is 11.0. The molecule has 0 aliphatic rings. The molecule has 2 nitrogen and oxygen atoms in total. The maximum absolute atomic E-state index is 12.2. The van der Waals surface area contributed by atoms with Crippen molar-refractivity contribution in [3.8, 4) is 11.5 Å². The molecule has 96 valence electrons. The van der Waals surface area contributed by atoms with Crippen molar-refractivity contribution < 1.29 is 18.3 Å². The SMILES string of the molecule is FCCOc1cc(OCCF)c2ccccc2c1. The van der Waals surface area contributed by atoms with E-state index in [2.05, 4.69) is 0 Å². The maximum Gasteiger partial charge on any atom is 0.130 e. The van der Waals surface area contributed by atoms with Gasteiger partial charge in [0.2, 0.25) is 0 Å². The molecule has 2 aromatic rings. The van der Waals surface area contributed by atoms with E-state index in [0.29, 0.717) is 11.5 Å². The summed E-state index contributed by atoms with van der Waals surface area (Å²) in [6.07, 6.45) is 0. The Morgan fingerprint density at radius 1 is 0.889 bits per heavy atom. The fraction of sp³-hybridized carbons (Fsp3) is 0.286. The minimum atomic E-state index is -0.552. The van der Waals surface area contributed by atoms with Gasteiger partial charge in [0.1, 0.15) is 38.1 Å². The molecule has 0 radical (unpaired) electrons. The molecule has 0 saturated heterocycles. The molecule has 0 aliphatic carbocycles. The molecule has 0 N–H and O–H groups in total. The van der Waals surface area contributed by atoms with E-state index in [4.69, 9.17) is 9.47 Å². The summed E-state index contributed by atoms with van der Waals surface area (Å²) < 4.78 is 34.8. The first-order chi connectivity index (χ1) is 8.85. The van der Waals surface area contributed by atoms with Crippen LogP contribution in [0.4, 0.5) is 8.78 Å². The molecular weight excluding hydrogens is 238 g/mol. The van der Waals surface area contributed by atoms with Crippen molar-refractivity contribution in [2.75, 3.05) is 26.6 Å². The Balaban J connectivity index is 2.36. The van der Waals surface area contributed by atoms with Crippen molar-refractivity contribution >= 4 is 10.8 Å². The van der Waals surface area contributed by atoms with Crippen LogP contribution in [0, 0.1) is 0 Å². The molecule has 0 bridgehead atoms. The van der Waals surface area contributed by atoms with Gasteiger partial charge in [-0.1, -0.05) is 24.3 Å². The second-order valence-electron chi connectivity index (χ2n) is 3.72. The highest BCUT2D eigenvalue weighted by molar-refractivity contribution is 5.89. The second kappa shape index (κ2) is 6.19. The van der Waals surface area contributed by atoms with E-state index in [1.165, 1.54) is 0 Å². The zero-order chi connectivity index (χ0) is 12.8. The molecule has 0 saturated carbocycles.